The fourth-order valence-electron chi connectivity index (χ4n) is 2.29. The molecule has 0 N–H and O–H groups in total. The molecule has 0 aliphatic rings. The van der Waals surface area contributed by atoms with Crippen LogP contribution < -0.4 is 4.74 Å². The van der Waals surface area contributed by atoms with E-state index in [1.165, 1.54) is 11.1 Å². The van der Waals surface area contributed by atoms with Crippen LogP contribution in [0, 0.1) is 0 Å². The van der Waals surface area contributed by atoms with E-state index >= 15 is 0 Å². The second-order valence-corrected chi connectivity index (χ2v) is 5.84. The zero-order valence-electron chi connectivity index (χ0n) is 11.6. The van der Waals surface area contributed by atoms with Gasteiger partial charge in [0, 0.05) is 0 Å². The third kappa shape index (κ3) is 2.96. The van der Waals surface area contributed by atoms with Crippen LogP contribution in [0.2, 0.25) is 0 Å². The summed E-state index contributed by atoms with van der Waals surface area (Å²) in [7, 11) is 1.69. The molecule has 102 valence electrons. The molecule has 1 unspecified atom stereocenters. The second kappa shape index (κ2) is 6.44. The highest BCUT2D eigenvalue weighted by molar-refractivity contribution is 7.10. The normalized spacial score (nSPS) is 12.4. The summed E-state index contributed by atoms with van der Waals surface area (Å²) in [5.74, 6) is 0.877. The van der Waals surface area contributed by atoms with Crippen LogP contribution in [0.3, 0.4) is 0 Å². The fraction of sp³-hybridized carbons (Fsp3) is 0.375. The predicted molar refractivity (Wildman–Crippen MR) is 83.8 cm³/mol. The average Bonchev–Trinajstić information content (AvgIpc) is 2.94. The molecule has 0 radical (unpaired) electrons. The number of aryl methyl sites for hydroxylation is 2. The van der Waals surface area contributed by atoms with E-state index in [-0.39, 0.29) is 5.38 Å². The highest BCUT2D eigenvalue weighted by atomic mass is 35.5. The number of benzene rings is 1. The molecule has 1 heterocycles. The lowest BCUT2D eigenvalue weighted by Gasteiger charge is -2.14. The summed E-state index contributed by atoms with van der Waals surface area (Å²) < 4.78 is 5.36. The number of alkyl halides is 1. The Hall–Kier alpha value is -0.990. The van der Waals surface area contributed by atoms with Crippen molar-refractivity contribution in [1.29, 1.82) is 0 Å². The lowest BCUT2D eigenvalue weighted by Crippen LogP contribution is -1.98. The van der Waals surface area contributed by atoms with Crippen molar-refractivity contribution in [3.63, 3.8) is 0 Å². The summed E-state index contributed by atoms with van der Waals surface area (Å²) >= 11 is 8.26. The number of ether oxygens (including phenoxy) is 1. The van der Waals surface area contributed by atoms with Gasteiger partial charge in [0.15, 0.2) is 0 Å². The van der Waals surface area contributed by atoms with Crippen LogP contribution in [0.15, 0.2) is 29.6 Å². The highest BCUT2D eigenvalue weighted by Crippen LogP contribution is 2.39. The first-order valence-corrected chi connectivity index (χ1v) is 7.90. The summed E-state index contributed by atoms with van der Waals surface area (Å²) in [6, 6.07) is 8.53. The maximum Gasteiger partial charge on any atom is 0.134 e. The van der Waals surface area contributed by atoms with Gasteiger partial charge in [-0.3, -0.25) is 0 Å². The molecule has 0 aliphatic carbocycles. The summed E-state index contributed by atoms with van der Waals surface area (Å²) in [4.78, 5) is 1.08. The zero-order chi connectivity index (χ0) is 13.8. The maximum absolute atomic E-state index is 6.61. The first-order chi connectivity index (χ1) is 9.21. The van der Waals surface area contributed by atoms with Crippen LogP contribution in [0.4, 0.5) is 0 Å². The van der Waals surface area contributed by atoms with Gasteiger partial charge in [0.1, 0.15) is 5.75 Å². The molecule has 2 aromatic rings. The summed E-state index contributed by atoms with van der Waals surface area (Å²) in [5.41, 5.74) is 3.95. The van der Waals surface area contributed by atoms with Crippen LogP contribution in [-0.2, 0) is 12.8 Å². The molecule has 0 spiro atoms. The minimum absolute atomic E-state index is 0.133. The topological polar surface area (TPSA) is 9.23 Å². The van der Waals surface area contributed by atoms with E-state index in [9.17, 15) is 0 Å². The van der Waals surface area contributed by atoms with Gasteiger partial charge in [-0.2, -0.15) is 0 Å². The summed E-state index contributed by atoms with van der Waals surface area (Å²) in [6.07, 6.45) is 2.11. The van der Waals surface area contributed by atoms with Crippen LogP contribution in [-0.4, -0.2) is 7.11 Å². The lowest BCUT2D eigenvalue weighted by atomic mass is 9.98. The molecule has 3 heteroatoms. The predicted octanol–water partition coefficient (Wildman–Crippen LogP) is 5.21. The molecule has 0 fully saturated rings. The first kappa shape index (κ1) is 14.4. The quantitative estimate of drug-likeness (QED) is 0.688. The van der Waals surface area contributed by atoms with E-state index < -0.39 is 0 Å². The minimum Gasteiger partial charge on any atom is -0.496 e. The number of rotatable bonds is 5. The molecule has 0 saturated carbocycles. The van der Waals surface area contributed by atoms with E-state index in [2.05, 4.69) is 32.0 Å². The van der Waals surface area contributed by atoms with Gasteiger partial charge in [-0.1, -0.05) is 32.0 Å². The Bertz CT molecular complexity index is 547. The number of halogens is 1. The van der Waals surface area contributed by atoms with Crippen molar-refractivity contribution in [2.45, 2.75) is 32.1 Å². The van der Waals surface area contributed by atoms with Crippen LogP contribution in [0.5, 0.6) is 5.75 Å². The van der Waals surface area contributed by atoms with Gasteiger partial charge < -0.3 is 4.74 Å². The van der Waals surface area contributed by atoms with Gasteiger partial charge in [0.2, 0.25) is 0 Å². The van der Waals surface area contributed by atoms with Crippen molar-refractivity contribution in [2.24, 2.45) is 0 Å². The van der Waals surface area contributed by atoms with E-state index in [1.54, 1.807) is 18.4 Å². The minimum atomic E-state index is -0.133. The first-order valence-electron chi connectivity index (χ1n) is 6.58. The fourth-order valence-corrected chi connectivity index (χ4v) is 3.55. The van der Waals surface area contributed by atoms with Crippen molar-refractivity contribution in [2.75, 3.05) is 7.11 Å². The zero-order valence-corrected chi connectivity index (χ0v) is 13.1. The maximum atomic E-state index is 6.61. The third-order valence-corrected chi connectivity index (χ3v) is 4.95. The average molecular weight is 295 g/mol. The monoisotopic (exact) mass is 294 g/mol. The van der Waals surface area contributed by atoms with Gasteiger partial charge >= 0.3 is 0 Å². The Morgan fingerprint density at radius 3 is 2.53 bits per heavy atom. The Morgan fingerprint density at radius 2 is 1.89 bits per heavy atom. The van der Waals surface area contributed by atoms with Gasteiger partial charge in [-0.15, -0.1) is 22.9 Å². The van der Waals surface area contributed by atoms with Gasteiger partial charge in [0.25, 0.3) is 0 Å². The molecule has 1 aromatic heterocycles. The number of methoxy groups -OCH3 is 1. The molecule has 1 aromatic carbocycles. The third-order valence-electron chi connectivity index (χ3n) is 3.39. The molecule has 19 heavy (non-hydrogen) atoms. The van der Waals surface area contributed by atoms with Gasteiger partial charge in [-0.25, -0.2) is 0 Å². The Balaban J connectivity index is 2.36. The number of hydrogen-bond acceptors (Lipinski definition) is 2. The molecule has 1 nitrogen and oxygen atoms in total. The van der Waals surface area contributed by atoms with Gasteiger partial charge in [0.05, 0.1) is 17.4 Å². The second-order valence-electron chi connectivity index (χ2n) is 4.45. The molecule has 0 saturated heterocycles. The molecule has 2 rings (SSSR count). The Morgan fingerprint density at radius 1 is 1.16 bits per heavy atom. The summed E-state index contributed by atoms with van der Waals surface area (Å²) in [6.45, 7) is 4.38. The molecular formula is C16H19ClOS. The molecule has 0 aliphatic heterocycles. The number of thiophene rings is 1. The van der Waals surface area contributed by atoms with E-state index in [4.69, 9.17) is 16.3 Å². The van der Waals surface area contributed by atoms with Crippen LogP contribution in [0.25, 0.3) is 0 Å². The van der Waals surface area contributed by atoms with Crippen LogP contribution in [0.1, 0.15) is 40.8 Å². The van der Waals surface area contributed by atoms with E-state index in [1.807, 2.05) is 11.4 Å². The molecule has 1 atom stereocenters. The SMILES string of the molecule is CCc1ccc(C(Cl)c2sccc2OC)cc1CC. The van der Waals surface area contributed by atoms with Crippen molar-refractivity contribution < 1.29 is 4.74 Å². The largest absolute Gasteiger partial charge is 0.496 e. The van der Waals surface area contributed by atoms with Crippen LogP contribution >= 0.6 is 22.9 Å². The van der Waals surface area contributed by atoms with Crippen molar-refractivity contribution >= 4 is 22.9 Å². The summed E-state index contributed by atoms with van der Waals surface area (Å²) in [5, 5.41) is 1.89. The van der Waals surface area contributed by atoms with Crippen molar-refractivity contribution in [1.82, 2.24) is 0 Å². The highest BCUT2D eigenvalue weighted by Gasteiger charge is 2.18. The molecule has 0 amide bonds. The number of hydrogen-bond donors (Lipinski definition) is 0. The van der Waals surface area contributed by atoms with E-state index in [0.29, 0.717) is 0 Å². The smallest absolute Gasteiger partial charge is 0.134 e. The van der Waals surface area contributed by atoms with Crippen molar-refractivity contribution in [3.05, 3.63) is 51.2 Å². The standard InChI is InChI=1S/C16H19ClOS/c1-4-11-6-7-13(10-12(11)5-2)15(17)16-14(18-3)8-9-19-16/h6-10,15H,4-5H2,1-3H3. The Kier molecular flexibility index (Phi) is 4.89. The van der Waals surface area contributed by atoms with Gasteiger partial charge in [-0.05, 0) is 41.0 Å². The Labute approximate surface area is 124 Å². The molecular weight excluding hydrogens is 276 g/mol. The van der Waals surface area contributed by atoms with E-state index in [0.717, 1.165) is 29.0 Å². The van der Waals surface area contributed by atoms with Crippen molar-refractivity contribution in [3.8, 4) is 5.75 Å². The lowest BCUT2D eigenvalue weighted by molar-refractivity contribution is 0.413. The molecule has 0 bridgehead atoms.